The fourth-order valence-corrected chi connectivity index (χ4v) is 5.22. The van der Waals surface area contributed by atoms with Crippen molar-refractivity contribution in [3.05, 3.63) is 30.1 Å². The molecule has 3 aliphatic rings. The summed E-state index contributed by atoms with van der Waals surface area (Å²) in [5, 5.41) is 3.29. The molecule has 2 unspecified atom stereocenters. The zero-order chi connectivity index (χ0) is 17.8. The summed E-state index contributed by atoms with van der Waals surface area (Å²) in [6.07, 6.45) is 10.5. The summed E-state index contributed by atoms with van der Waals surface area (Å²) in [5.74, 6) is 1.09. The predicted molar refractivity (Wildman–Crippen MR) is 100 cm³/mol. The molecule has 1 amide bonds. The zero-order valence-corrected chi connectivity index (χ0v) is 15.7. The molecule has 1 saturated carbocycles. The molecule has 1 aromatic rings. The molecule has 2 atom stereocenters. The third-order valence-electron chi connectivity index (χ3n) is 6.72. The SMILES string of the molecule is O=C(NCC1CCOCC1)C1CCCC12CCN(Cc1cccnc1)C2. The second-order valence-electron chi connectivity index (χ2n) is 8.43. The number of nitrogens with zero attached hydrogens (tertiary/aromatic N) is 2. The van der Waals surface area contributed by atoms with Gasteiger partial charge in [0.25, 0.3) is 0 Å². The molecule has 142 valence electrons. The third-order valence-corrected chi connectivity index (χ3v) is 6.72. The summed E-state index contributed by atoms with van der Waals surface area (Å²) in [6.45, 7) is 5.62. The first-order chi connectivity index (χ1) is 12.8. The van der Waals surface area contributed by atoms with Crippen molar-refractivity contribution >= 4 is 5.91 Å². The van der Waals surface area contributed by atoms with Crippen LogP contribution in [0.15, 0.2) is 24.5 Å². The van der Waals surface area contributed by atoms with Gasteiger partial charge in [0, 0.05) is 51.2 Å². The van der Waals surface area contributed by atoms with Gasteiger partial charge in [-0.1, -0.05) is 12.5 Å². The molecule has 2 saturated heterocycles. The normalized spacial score (nSPS) is 30.1. The molecule has 4 rings (SSSR count). The van der Waals surface area contributed by atoms with Crippen LogP contribution in [0.2, 0.25) is 0 Å². The van der Waals surface area contributed by atoms with Crippen LogP contribution in [0, 0.1) is 17.3 Å². The van der Waals surface area contributed by atoms with E-state index in [1.54, 1.807) is 0 Å². The lowest BCUT2D eigenvalue weighted by Crippen LogP contribution is -2.42. The monoisotopic (exact) mass is 357 g/mol. The van der Waals surface area contributed by atoms with Crippen molar-refractivity contribution in [2.75, 3.05) is 32.8 Å². The van der Waals surface area contributed by atoms with Gasteiger partial charge in [-0.3, -0.25) is 14.7 Å². The van der Waals surface area contributed by atoms with E-state index in [-0.39, 0.29) is 11.3 Å². The lowest BCUT2D eigenvalue weighted by Gasteiger charge is -2.31. The highest BCUT2D eigenvalue weighted by Gasteiger charge is 2.50. The first kappa shape index (κ1) is 17.9. The number of pyridine rings is 1. The van der Waals surface area contributed by atoms with Gasteiger partial charge in [0.15, 0.2) is 0 Å². The number of ether oxygens (including phenoxy) is 1. The number of likely N-dealkylation sites (tertiary alicyclic amines) is 1. The first-order valence-corrected chi connectivity index (χ1v) is 10.2. The molecule has 3 fully saturated rings. The Bertz CT molecular complexity index is 603. The summed E-state index contributed by atoms with van der Waals surface area (Å²) < 4.78 is 5.42. The Balaban J connectivity index is 1.33. The standard InChI is InChI=1S/C21H31N3O2/c25-20(23-14-17-5-11-26-12-6-17)19-4-1-7-21(19)8-10-24(16-21)15-18-3-2-9-22-13-18/h2-3,9,13,17,19H,1,4-8,10-12,14-16H2,(H,23,25). The largest absolute Gasteiger partial charge is 0.381 e. The minimum Gasteiger partial charge on any atom is -0.381 e. The molecule has 1 N–H and O–H groups in total. The summed E-state index contributed by atoms with van der Waals surface area (Å²) in [5.41, 5.74) is 1.46. The van der Waals surface area contributed by atoms with Crippen LogP contribution < -0.4 is 5.32 Å². The van der Waals surface area contributed by atoms with E-state index in [9.17, 15) is 4.79 Å². The summed E-state index contributed by atoms with van der Waals surface area (Å²) in [7, 11) is 0. The molecule has 1 aliphatic carbocycles. The van der Waals surface area contributed by atoms with Gasteiger partial charge in [-0.2, -0.15) is 0 Å². The number of carbonyl (C=O) groups excluding carboxylic acids is 1. The Morgan fingerprint density at radius 2 is 2.19 bits per heavy atom. The number of nitrogens with one attached hydrogen (secondary N) is 1. The van der Waals surface area contributed by atoms with Gasteiger partial charge in [0.2, 0.25) is 5.91 Å². The highest BCUT2D eigenvalue weighted by molar-refractivity contribution is 5.80. The zero-order valence-electron chi connectivity index (χ0n) is 15.7. The third kappa shape index (κ3) is 3.94. The van der Waals surface area contributed by atoms with E-state index in [0.29, 0.717) is 11.8 Å². The highest BCUT2D eigenvalue weighted by atomic mass is 16.5. The molecule has 3 heterocycles. The number of hydrogen-bond acceptors (Lipinski definition) is 4. The van der Waals surface area contributed by atoms with Crippen molar-refractivity contribution in [2.45, 2.75) is 45.1 Å². The summed E-state index contributed by atoms with van der Waals surface area (Å²) in [6, 6.07) is 4.15. The predicted octanol–water partition coefficient (Wildman–Crippen LogP) is 2.62. The summed E-state index contributed by atoms with van der Waals surface area (Å²) >= 11 is 0. The molecule has 0 radical (unpaired) electrons. The Hall–Kier alpha value is -1.46. The van der Waals surface area contributed by atoms with E-state index in [1.165, 1.54) is 18.4 Å². The Labute approximate surface area is 156 Å². The van der Waals surface area contributed by atoms with E-state index in [0.717, 1.165) is 65.1 Å². The van der Waals surface area contributed by atoms with E-state index in [4.69, 9.17) is 4.74 Å². The van der Waals surface area contributed by atoms with E-state index in [1.807, 2.05) is 18.5 Å². The van der Waals surface area contributed by atoms with Crippen molar-refractivity contribution in [1.29, 1.82) is 0 Å². The van der Waals surface area contributed by atoms with Crippen molar-refractivity contribution in [2.24, 2.45) is 17.3 Å². The number of rotatable bonds is 5. The van der Waals surface area contributed by atoms with Gasteiger partial charge in [-0.15, -0.1) is 0 Å². The quantitative estimate of drug-likeness (QED) is 0.880. The Morgan fingerprint density at radius 3 is 3.00 bits per heavy atom. The van der Waals surface area contributed by atoms with Crippen molar-refractivity contribution < 1.29 is 9.53 Å². The lowest BCUT2D eigenvalue weighted by molar-refractivity contribution is -0.128. The van der Waals surface area contributed by atoms with Crippen molar-refractivity contribution in [1.82, 2.24) is 15.2 Å². The van der Waals surface area contributed by atoms with Crippen LogP contribution in [0.25, 0.3) is 0 Å². The lowest BCUT2D eigenvalue weighted by atomic mass is 9.76. The maximum atomic E-state index is 12.9. The fraction of sp³-hybridized carbons (Fsp3) is 0.714. The van der Waals surface area contributed by atoms with Crippen LogP contribution in [0.5, 0.6) is 0 Å². The van der Waals surface area contributed by atoms with Crippen LogP contribution in [0.4, 0.5) is 0 Å². The average Bonchev–Trinajstić information content (AvgIpc) is 3.28. The van der Waals surface area contributed by atoms with Crippen molar-refractivity contribution in [3.8, 4) is 0 Å². The molecular weight excluding hydrogens is 326 g/mol. The maximum absolute atomic E-state index is 12.9. The smallest absolute Gasteiger partial charge is 0.223 e. The Kier molecular flexibility index (Phi) is 5.55. The average molecular weight is 357 g/mol. The molecular formula is C21H31N3O2. The van der Waals surface area contributed by atoms with Gasteiger partial charge in [-0.05, 0) is 61.6 Å². The molecule has 1 aromatic heterocycles. The van der Waals surface area contributed by atoms with Crippen molar-refractivity contribution in [3.63, 3.8) is 0 Å². The molecule has 26 heavy (non-hydrogen) atoms. The van der Waals surface area contributed by atoms with Crippen LogP contribution in [-0.2, 0) is 16.1 Å². The second kappa shape index (κ2) is 8.05. The fourth-order valence-electron chi connectivity index (χ4n) is 5.22. The minimum absolute atomic E-state index is 0.196. The van der Waals surface area contributed by atoms with Gasteiger partial charge >= 0.3 is 0 Å². The maximum Gasteiger partial charge on any atom is 0.223 e. The minimum atomic E-state index is 0.196. The number of carbonyl (C=O) groups is 1. The van der Waals surface area contributed by atoms with Crippen LogP contribution in [-0.4, -0.2) is 48.6 Å². The van der Waals surface area contributed by atoms with Crippen LogP contribution in [0.3, 0.4) is 0 Å². The molecule has 5 heteroatoms. The number of aromatic nitrogens is 1. The molecule has 0 bridgehead atoms. The molecule has 0 aromatic carbocycles. The summed E-state index contributed by atoms with van der Waals surface area (Å²) in [4.78, 5) is 19.7. The van der Waals surface area contributed by atoms with E-state index in [2.05, 4.69) is 21.3 Å². The molecule has 1 spiro atoms. The number of amides is 1. The van der Waals surface area contributed by atoms with E-state index < -0.39 is 0 Å². The van der Waals surface area contributed by atoms with Gasteiger partial charge in [0.05, 0.1) is 0 Å². The first-order valence-electron chi connectivity index (χ1n) is 10.2. The highest BCUT2D eigenvalue weighted by Crippen LogP contribution is 2.50. The van der Waals surface area contributed by atoms with Gasteiger partial charge < -0.3 is 10.1 Å². The molecule has 5 nitrogen and oxygen atoms in total. The molecule has 2 aliphatic heterocycles. The van der Waals surface area contributed by atoms with Crippen LogP contribution in [0.1, 0.15) is 44.1 Å². The van der Waals surface area contributed by atoms with Crippen LogP contribution >= 0.6 is 0 Å². The second-order valence-corrected chi connectivity index (χ2v) is 8.43. The van der Waals surface area contributed by atoms with Gasteiger partial charge in [0.1, 0.15) is 0 Å². The Morgan fingerprint density at radius 1 is 1.31 bits per heavy atom. The van der Waals surface area contributed by atoms with Gasteiger partial charge in [-0.25, -0.2) is 0 Å². The number of hydrogen-bond donors (Lipinski definition) is 1. The van der Waals surface area contributed by atoms with E-state index >= 15 is 0 Å². The topological polar surface area (TPSA) is 54.5 Å².